The van der Waals surface area contributed by atoms with Gasteiger partial charge in [0, 0.05) is 41.9 Å². The number of alkyl halides is 1. The fourth-order valence-electron chi connectivity index (χ4n) is 3.85. The first-order valence-corrected chi connectivity index (χ1v) is 9.70. The molecule has 0 radical (unpaired) electrons. The molecule has 1 aliphatic rings. The number of likely N-dealkylation sites (N-methyl/N-ethyl adjacent to an activating group) is 1. The van der Waals surface area contributed by atoms with Crippen molar-refractivity contribution in [1.82, 2.24) is 15.1 Å². The number of ether oxygens (including phenoxy) is 1. The standard InChI is InChI=1S/C22H25FN4O/c1-3-27-13-16(23)12-17(14-27)24-22-20-7-5-4-6-19(20)21(25-26-22)15-8-10-18(28-2)11-9-15/h4-11,16-17H,3,12-14H2,1-2H3,(H,24,26)/t16-,17-/m1/s1. The minimum Gasteiger partial charge on any atom is -0.497 e. The number of anilines is 1. The second kappa shape index (κ2) is 8.10. The molecule has 1 aromatic heterocycles. The number of hydrogen-bond acceptors (Lipinski definition) is 5. The lowest BCUT2D eigenvalue weighted by Gasteiger charge is -2.34. The number of likely N-dealkylation sites (tertiary alicyclic amines) is 1. The zero-order valence-electron chi connectivity index (χ0n) is 16.2. The van der Waals surface area contributed by atoms with E-state index in [2.05, 4.69) is 27.3 Å². The van der Waals surface area contributed by atoms with Crippen LogP contribution in [0.2, 0.25) is 0 Å². The highest BCUT2D eigenvalue weighted by molar-refractivity contribution is 6.00. The highest BCUT2D eigenvalue weighted by atomic mass is 19.1. The molecule has 0 aliphatic carbocycles. The van der Waals surface area contributed by atoms with Gasteiger partial charge in [0.15, 0.2) is 5.82 Å². The van der Waals surface area contributed by atoms with E-state index in [0.717, 1.165) is 40.9 Å². The average Bonchev–Trinajstić information content (AvgIpc) is 2.73. The molecule has 0 spiro atoms. The molecule has 146 valence electrons. The molecule has 0 bridgehead atoms. The largest absolute Gasteiger partial charge is 0.497 e. The molecule has 0 amide bonds. The molecule has 1 N–H and O–H groups in total. The van der Waals surface area contributed by atoms with Crippen molar-refractivity contribution in [2.24, 2.45) is 0 Å². The van der Waals surface area contributed by atoms with E-state index in [1.807, 2.05) is 48.5 Å². The zero-order valence-corrected chi connectivity index (χ0v) is 16.2. The van der Waals surface area contributed by atoms with Crippen LogP contribution in [0.5, 0.6) is 5.75 Å². The number of nitrogens with one attached hydrogen (secondary N) is 1. The highest BCUT2D eigenvalue weighted by Gasteiger charge is 2.27. The van der Waals surface area contributed by atoms with Gasteiger partial charge in [-0.25, -0.2) is 4.39 Å². The van der Waals surface area contributed by atoms with Crippen molar-refractivity contribution in [3.63, 3.8) is 0 Å². The first kappa shape index (κ1) is 18.6. The first-order valence-electron chi connectivity index (χ1n) is 9.70. The Balaban J connectivity index is 1.67. The predicted molar refractivity (Wildman–Crippen MR) is 111 cm³/mol. The third kappa shape index (κ3) is 3.78. The van der Waals surface area contributed by atoms with Crippen LogP contribution in [0, 0.1) is 0 Å². The Kier molecular flexibility index (Phi) is 5.39. The molecule has 4 rings (SSSR count). The number of halogens is 1. The molecule has 1 fully saturated rings. The lowest BCUT2D eigenvalue weighted by atomic mass is 10.0. The summed E-state index contributed by atoms with van der Waals surface area (Å²) < 4.78 is 19.3. The van der Waals surface area contributed by atoms with Crippen molar-refractivity contribution >= 4 is 16.6 Å². The van der Waals surface area contributed by atoms with Gasteiger partial charge in [0.2, 0.25) is 0 Å². The second-order valence-electron chi connectivity index (χ2n) is 7.20. The molecular formula is C22H25FN4O. The van der Waals surface area contributed by atoms with Crippen LogP contribution >= 0.6 is 0 Å². The fraction of sp³-hybridized carbons (Fsp3) is 0.364. The Morgan fingerprint density at radius 1 is 1.07 bits per heavy atom. The van der Waals surface area contributed by atoms with Gasteiger partial charge in [-0.1, -0.05) is 31.2 Å². The first-order chi connectivity index (χ1) is 13.7. The number of piperidine rings is 1. The van der Waals surface area contributed by atoms with Gasteiger partial charge in [-0.2, -0.15) is 0 Å². The van der Waals surface area contributed by atoms with Crippen molar-refractivity contribution in [1.29, 1.82) is 0 Å². The Labute approximate surface area is 164 Å². The molecule has 2 atom stereocenters. The van der Waals surface area contributed by atoms with Gasteiger partial charge >= 0.3 is 0 Å². The van der Waals surface area contributed by atoms with Crippen LogP contribution in [0.1, 0.15) is 13.3 Å². The monoisotopic (exact) mass is 380 g/mol. The van der Waals surface area contributed by atoms with Crippen molar-refractivity contribution in [2.75, 3.05) is 32.1 Å². The Morgan fingerprint density at radius 3 is 2.54 bits per heavy atom. The Bertz CT molecular complexity index is 947. The smallest absolute Gasteiger partial charge is 0.156 e. The molecule has 6 heteroatoms. The normalized spacial score (nSPS) is 20.2. The summed E-state index contributed by atoms with van der Waals surface area (Å²) in [6, 6.07) is 15.9. The molecule has 2 aromatic carbocycles. The maximum Gasteiger partial charge on any atom is 0.156 e. The summed E-state index contributed by atoms with van der Waals surface area (Å²) in [5, 5.41) is 14.4. The number of methoxy groups -OCH3 is 1. The number of fused-ring (bicyclic) bond motifs is 1. The number of nitrogens with zero attached hydrogens (tertiary/aromatic N) is 3. The molecule has 1 aliphatic heterocycles. The summed E-state index contributed by atoms with van der Waals surface area (Å²) in [6.45, 7) is 4.24. The molecule has 2 heterocycles. The lowest BCUT2D eigenvalue weighted by Crippen LogP contribution is -2.47. The van der Waals surface area contributed by atoms with Crippen LogP contribution in [-0.4, -0.2) is 54.1 Å². The van der Waals surface area contributed by atoms with E-state index < -0.39 is 6.17 Å². The summed E-state index contributed by atoms with van der Waals surface area (Å²) in [6.07, 6.45) is -0.323. The van der Waals surface area contributed by atoms with Crippen LogP contribution in [0.4, 0.5) is 10.2 Å². The number of benzene rings is 2. The van der Waals surface area contributed by atoms with Gasteiger partial charge in [0.25, 0.3) is 0 Å². The summed E-state index contributed by atoms with van der Waals surface area (Å²) in [7, 11) is 1.65. The second-order valence-corrected chi connectivity index (χ2v) is 7.20. The maximum absolute atomic E-state index is 14.1. The van der Waals surface area contributed by atoms with Gasteiger partial charge in [-0.3, -0.25) is 4.90 Å². The SMILES string of the molecule is CCN1C[C@H](F)C[C@@H](Nc2nnc(-c3ccc(OC)cc3)c3ccccc23)C1. The molecule has 3 aromatic rings. The van der Waals surface area contributed by atoms with Crippen molar-refractivity contribution in [2.45, 2.75) is 25.6 Å². The van der Waals surface area contributed by atoms with Crippen LogP contribution in [0.15, 0.2) is 48.5 Å². The predicted octanol–water partition coefficient (Wildman–Crippen LogP) is 4.15. The summed E-state index contributed by atoms with van der Waals surface area (Å²) in [4.78, 5) is 2.13. The highest BCUT2D eigenvalue weighted by Crippen LogP contribution is 2.31. The molecular weight excluding hydrogens is 355 g/mol. The zero-order chi connectivity index (χ0) is 19.5. The molecule has 28 heavy (non-hydrogen) atoms. The van der Waals surface area contributed by atoms with Gasteiger partial charge in [-0.05, 0) is 30.8 Å². The van der Waals surface area contributed by atoms with Gasteiger partial charge < -0.3 is 10.1 Å². The lowest BCUT2D eigenvalue weighted by molar-refractivity contribution is 0.134. The minimum absolute atomic E-state index is 0.0215. The number of aromatic nitrogens is 2. The summed E-state index contributed by atoms with van der Waals surface area (Å²) in [5.74, 6) is 1.51. The van der Waals surface area contributed by atoms with Crippen LogP contribution in [0.25, 0.3) is 22.0 Å². The summed E-state index contributed by atoms with van der Waals surface area (Å²) in [5.41, 5.74) is 1.81. The van der Waals surface area contributed by atoms with E-state index >= 15 is 0 Å². The third-order valence-corrected chi connectivity index (χ3v) is 5.31. The van der Waals surface area contributed by atoms with Crippen molar-refractivity contribution in [3.05, 3.63) is 48.5 Å². The minimum atomic E-state index is -0.816. The topological polar surface area (TPSA) is 50.3 Å². The molecule has 5 nitrogen and oxygen atoms in total. The van der Waals surface area contributed by atoms with E-state index in [1.165, 1.54) is 0 Å². The van der Waals surface area contributed by atoms with Crippen molar-refractivity contribution in [3.8, 4) is 17.0 Å². The Hall–Kier alpha value is -2.73. The molecule has 0 saturated carbocycles. The van der Waals surface area contributed by atoms with Gasteiger partial charge in [0.1, 0.15) is 17.6 Å². The van der Waals surface area contributed by atoms with Crippen LogP contribution in [0.3, 0.4) is 0 Å². The van der Waals surface area contributed by atoms with Gasteiger partial charge in [-0.15, -0.1) is 10.2 Å². The number of rotatable bonds is 5. The molecule has 0 unspecified atom stereocenters. The average molecular weight is 380 g/mol. The third-order valence-electron chi connectivity index (χ3n) is 5.31. The number of hydrogen-bond donors (Lipinski definition) is 1. The van der Waals surface area contributed by atoms with E-state index in [-0.39, 0.29) is 6.04 Å². The van der Waals surface area contributed by atoms with Crippen LogP contribution in [-0.2, 0) is 0 Å². The van der Waals surface area contributed by atoms with E-state index in [1.54, 1.807) is 7.11 Å². The van der Waals surface area contributed by atoms with Crippen LogP contribution < -0.4 is 10.1 Å². The van der Waals surface area contributed by atoms with E-state index in [9.17, 15) is 4.39 Å². The maximum atomic E-state index is 14.1. The van der Waals surface area contributed by atoms with E-state index in [4.69, 9.17) is 4.74 Å². The fourth-order valence-corrected chi connectivity index (χ4v) is 3.85. The molecule has 1 saturated heterocycles. The Morgan fingerprint density at radius 2 is 1.82 bits per heavy atom. The van der Waals surface area contributed by atoms with Gasteiger partial charge in [0.05, 0.1) is 7.11 Å². The quantitative estimate of drug-likeness (QED) is 0.721. The van der Waals surface area contributed by atoms with E-state index in [0.29, 0.717) is 18.8 Å². The van der Waals surface area contributed by atoms with Crippen molar-refractivity contribution < 1.29 is 9.13 Å². The summed E-state index contributed by atoms with van der Waals surface area (Å²) >= 11 is 0.